The van der Waals surface area contributed by atoms with Gasteiger partial charge in [0.1, 0.15) is 0 Å². The van der Waals surface area contributed by atoms with Gasteiger partial charge in [-0.3, -0.25) is 0 Å². The van der Waals surface area contributed by atoms with Gasteiger partial charge in [-0.05, 0) is 12.3 Å². The summed E-state index contributed by atoms with van der Waals surface area (Å²) in [6.07, 6.45) is 2.30. The Morgan fingerprint density at radius 3 is 2.80 bits per heavy atom. The summed E-state index contributed by atoms with van der Waals surface area (Å²) in [7, 11) is 0. The van der Waals surface area contributed by atoms with Gasteiger partial charge in [-0.15, -0.1) is 5.92 Å². The van der Waals surface area contributed by atoms with Crippen LogP contribution in [-0.2, 0) is 0 Å². The molecule has 1 saturated heterocycles. The molecule has 0 aliphatic carbocycles. The lowest BCUT2D eigenvalue weighted by Gasteiger charge is -1.96. The van der Waals surface area contributed by atoms with Gasteiger partial charge in [0.15, 0.2) is 0 Å². The summed E-state index contributed by atoms with van der Waals surface area (Å²) in [5.74, 6) is 7.11. The van der Waals surface area contributed by atoms with Crippen LogP contribution in [0.15, 0.2) is 0 Å². The van der Waals surface area contributed by atoms with E-state index in [0.29, 0.717) is 6.04 Å². The van der Waals surface area contributed by atoms with E-state index in [0.717, 1.165) is 18.9 Å². The second kappa shape index (κ2) is 3.63. The molecular weight excluding hydrogens is 122 g/mol. The molecule has 1 N–H and O–H groups in total. The molecule has 0 aromatic carbocycles. The molecule has 1 fully saturated rings. The quantitative estimate of drug-likeness (QED) is 0.451. The predicted molar refractivity (Wildman–Crippen MR) is 43.6 cm³/mol. The summed E-state index contributed by atoms with van der Waals surface area (Å²) >= 11 is 0. The average Bonchev–Trinajstić information content (AvgIpc) is 2.62. The van der Waals surface area contributed by atoms with Gasteiger partial charge >= 0.3 is 0 Å². The van der Waals surface area contributed by atoms with Gasteiger partial charge in [-0.1, -0.05) is 19.8 Å². The molecule has 0 spiro atoms. The van der Waals surface area contributed by atoms with Gasteiger partial charge in [-0.25, -0.2) is 0 Å². The van der Waals surface area contributed by atoms with Crippen LogP contribution >= 0.6 is 0 Å². The molecule has 1 rings (SSSR count). The Bertz CT molecular complexity index is 146. The highest BCUT2D eigenvalue weighted by Crippen LogP contribution is 2.02. The van der Waals surface area contributed by atoms with Gasteiger partial charge < -0.3 is 5.32 Å². The number of hydrogen-bond donors (Lipinski definition) is 1. The zero-order chi connectivity index (χ0) is 7.40. The van der Waals surface area contributed by atoms with E-state index in [1.54, 1.807) is 0 Å². The van der Waals surface area contributed by atoms with Crippen LogP contribution in [0.25, 0.3) is 0 Å². The van der Waals surface area contributed by atoms with Crippen LogP contribution in [0, 0.1) is 17.8 Å². The van der Waals surface area contributed by atoms with Crippen molar-refractivity contribution in [1.82, 2.24) is 5.32 Å². The largest absolute Gasteiger partial charge is 0.300 e. The molecule has 1 unspecified atom stereocenters. The maximum absolute atomic E-state index is 3.17. The summed E-state index contributed by atoms with van der Waals surface area (Å²) in [6, 6.07) is 0.534. The van der Waals surface area contributed by atoms with Crippen molar-refractivity contribution >= 4 is 0 Å². The molecule has 1 nitrogen and oxygen atoms in total. The third kappa shape index (κ3) is 3.53. The summed E-state index contributed by atoms with van der Waals surface area (Å²) in [6.45, 7) is 5.57. The fourth-order valence-corrected chi connectivity index (χ4v) is 0.717. The summed E-state index contributed by atoms with van der Waals surface area (Å²) in [5.41, 5.74) is 0. The highest BCUT2D eigenvalue weighted by molar-refractivity contribution is 5.14. The molecule has 0 bridgehead atoms. The van der Waals surface area contributed by atoms with E-state index >= 15 is 0 Å². The Morgan fingerprint density at radius 2 is 2.30 bits per heavy atom. The van der Waals surface area contributed by atoms with E-state index in [9.17, 15) is 0 Å². The minimum absolute atomic E-state index is 0.534. The number of nitrogens with one attached hydrogen (secondary N) is 1. The smallest absolute Gasteiger partial charge is 0.0817 e. The maximum atomic E-state index is 3.17. The van der Waals surface area contributed by atoms with Crippen LogP contribution < -0.4 is 5.32 Å². The second-order valence-electron chi connectivity index (χ2n) is 3.21. The van der Waals surface area contributed by atoms with Crippen molar-refractivity contribution in [3.63, 3.8) is 0 Å². The first kappa shape index (κ1) is 7.63. The van der Waals surface area contributed by atoms with Crippen molar-refractivity contribution in [2.75, 3.05) is 6.54 Å². The van der Waals surface area contributed by atoms with Crippen molar-refractivity contribution < 1.29 is 0 Å². The minimum atomic E-state index is 0.534. The van der Waals surface area contributed by atoms with Crippen molar-refractivity contribution in [2.24, 2.45) is 5.92 Å². The SMILES string of the molecule is CC(C)CCC#CC1CN1. The monoisotopic (exact) mass is 137 g/mol. The van der Waals surface area contributed by atoms with Crippen molar-refractivity contribution in [3.8, 4) is 11.8 Å². The Labute approximate surface area is 63.2 Å². The van der Waals surface area contributed by atoms with Crippen LogP contribution in [0.2, 0.25) is 0 Å². The van der Waals surface area contributed by atoms with Gasteiger partial charge in [0.2, 0.25) is 0 Å². The molecule has 0 radical (unpaired) electrons. The van der Waals surface area contributed by atoms with Crippen LogP contribution in [0.4, 0.5) is 0 Å². The topological polar surface area (TPSA) is 21.9 Å². The molecular formula is C9H15N. The molecule has 0 aromatic heterocycles. The van der Waals surface area contributed by atoms with E-state index in [1.165, 1.54) is 6.42 Å². The molecule has 0 saturated carbocycles. The number of hydrogen-bond acceptors (Lipinski definition) is 1. The zero-order valence-electron chi connectivity index (χ0n) is 6.78. The van der Waals surface area contributed by atoms with Crippen molar-refractivity contribution in [3.05, 3.63) is 0 Å². The normalized spacial score (nSPS) is 22.1. The minimum Gasteiger partial charge on any atom is -0.300 e. The fraction of sp³-hybridized carbons (Fsp3) is 0.778. The molecule has 0 aromatic rings. The van der Waals surface area contributed by atoms with Gasteiger partial charge in [0.05, 0.1) is 6.04 Å². The molecule has 1 heterocycles. The van der Waals surface area contributed by atoms with Crippen LogP contribution in [-0.4, -0.2) is 12.6 Å². The highest BCUT2D eigenvalue weighted by Gasteiger charge is 2.15. The summed E-state index contributed by atoms with van der Waals surface area (Å²) in [4.78, 5) is 0. The lowest BCUT2D eigenvalue weighted by atomic mass is 10.1. The van der Waals surface area contributed by atoms with E-state index < -0.39 is 0 Å². The third-order valence-electron chi connectivity index (χ3n) is 1.53. The molecule has 1 aliphatic heterocycles. The van der Waals surface area contributed by atoms with Gasteiger partial charge in [0.25, 0.3) is 0 Å². The first-order valence-corrected chi connectivity index (χ1v) is 4.01. The van der Waals surface area contributed by atoms with Crippen molar-refractivity contribution in [2.45, 2.75) is 32.7 Å². The highest BCUT2D eigenvalue weighted by atomic mass is 15.1. The lowest BCUT2D eigenvalue weighted by Crippen LogP contribution is -1.86. The fourth-order valence-electron chi connectivity index (χ4n) is 0.717. The average molecular weight is 137 g/mol. The van der Waals surface area contributed by atoms with E-state index in [2.05, 4.69) is 31.0 Å². The molecule has 0 amide bonds. The van der Waals surface area contributed by atoms with Gasteiger partial charge in [0, 0.05) is 13.0 Å². The second-order valence-corrected chi connectivity index (χ2v) is 3.21. The Balaban J connectivity index is 1.99. The van der Waals surface area contributed by atoms with Crippen LogP contribution in [0.1, 0.15) is 26.7 Å². The summed E-state index contributed by atoms with van der Waals surface area (Å²) in [5, 5.41) is 3.15. The first-order valence-electron chi connectivity index (χ1n) is 4.01. The molecule has 1 atom stereocenters. The molecule has 1 aliphatic rings. The maximum Gasteiger partial charge on any atom is 0.0817 e. The third-order valence-corrected chi connectivity index (χ3v) is 1.53. The molecule has 10 heavy (non-hydrogen) atoms. The lowest BCUT2D eigenvalue weighted by molar-refractivity contribution is 0.599. The van der Waals surface area contributed by atoms with E-state index in [-0.39, 0.29) is 0 Å². The van der Waals surface area contributed by atoms with E-state index in [4.69, 9.17) is 0 Å². The van der Waals surface area contributed by atoms with Gasteiger partial charge in [-0.2, -0.15) is 0 Å². The first-order chi connectivity index (χ1) is 4.79. The summed E-state index contributed by atoms with van der Waals surface area (Å²) < 4.78 is 0. The van der Waals surface area contributed by atoms with Crippen LogP contribution in [0.5, 0.6) is 0 Å². The molecule has 1 heteroatoms. The standard InChI is InChI=1S/C9H15N/c1-8(2)5-3-4-6-9-7-10-9/h8-10H,3,5,7H2,1-2H3. The van der Waals surface area contributed by atoms with Crippen molar-refractivity contribution in [1.29, 1.82) is 0 Å². The predicted octanol–water partition coefficient (Wildman–Crippen LogP) is 1.40. The zero-order valence-corrected chi connectivity index (χ0v) is 6.78. The Hall–Kier alpha value is -0.480. The Kier molecular flexibility index (Phi) is 2.77. The van der Waals surface area contributed by atoms with Crippen LogP contribution in [0.3, 0.4) is 0 Å². The number of rotatable bonds is 2. The van der Waals surface area contributed by atoms with E-state index in [1.807, 2.05) is 0 Å². The molecule has 56 valence electrons. The Morgan fingerprint density at radius 1 is 1.60 bits per heavy atom.